The van der Waals surface area contributed by atoms with Crippen LogP contribution in [0.3, 0.4) is 0 Å². The highest BCUT2D eigenvalue weighted by Crippen LogP contribution is 2.28. The Balaban J connectivity index is 1.58. The molecule has 1 fully saturated rings. The summed E-state index contributed by atoms with van der Waals surface area (Å²) >= 11 is 0. The number of benzene rings is 2. The second-order valence-corrected chi connectivity index (χ2v) is 9.17. The molecule has 34 heavy (non-hydrogen) atoms. The summed E-state index contributed by atoms with van der Waals surface area (Å²) in [5.41, 5.74) is 3.72. The number of anilines is 1. The van der Waals surface area contributed by atoms with Crippen molar-refractivity contribution < 1.29 is 14.3 Å². The van der Waals surface area contributed by atoms with Gasteiger partial charge in [-0.05, 0) is 36.5 Å². The summed E-state index contributed by atoms with van der Waals surface area (Å²) in [6, 6.07) is 13.7. The molecule has 0 spiro atoms. The third-order valence-corrected chi connectivity index (χ3v) is 6.68. The Morgan fingerprint density at radius 3 is 2.65 bits per heavy atom. The van der Waals surface area contributed by atoms with Gasteiger partial charge >= 0.3 is 0 Å². The van der Waals surface area contributed by atoms with E-state index < -0.39 is 0 Å². The van der Waals surface area contributed by atoms with Crippen LogP contribution in [0.1, 0.15) is 60.9 Å². The van der Waals surface area contributed by atoms with Gasteiger partial charge in [-0.25, -0.2) is 4.98 Å². The van der Waals surface area contributed by atoms with Gasteiger partial charge in [-0.3, -0.25) is 9.59 Å². The standard InChI is InChI=1S/C27H34N4O3/c1-19(20-9-5-3-6-10-20)17-28-27(33)23-15-22(30-26(32)21-11-7-4-8-12-21)16-24-25(23)31(18-29-24)13-14-34-2/h3,5-6,9-10,15-16,18-19,21H,4,7-8,11-14,17H2,1-2H3,(H,28,33)(H,30,32)/t19-/m1/s1. The van der Waals surface area contributed by atoms with Crippen molar-refractivity contribution in [1.29, 1.82) is 0 Å². The molecule has 2 N–H and O–H groups in total. The first kappa shape index (κ1) is 24.0. The lowest BCUT2D eigenvalue weighted by molar-refractivity contribution is -0.120. The van der Waals surface area contributed by atoms with Gasteiger partial charge in [0.2, 0.25) is 5.91 Å². The Morgan fingerprint density at radius 1 is 1.15 bits per heavy atom. The molecule has 1 aliphatic carbocycles. The number of methoxy groups -OCH3 is 1. The number of carbonyl (C=O) groups is 2. The lowest BCUT2D eigenvalue weighted by atomic mass is 9.88. The number of hydrogen-bond acceptors (Lipinski definition) is 4. The van der Waals surface area contributed by atoms with Crippen LogP contribution in [0.5, 0.6) is 0 Å². The molecule has 1 atom stereocenters. The van der Waals surface area contributed by atoms with Crippen LogP contribution < -0.4 is 10.6 Å². The van der Waals surface area contributed by atoms with Crippen LogP contribution in [0.15, 0.2) is 48.8 Å². The number of fused-ring (bicyclic) bond motifs is 1. The summed E-state index contributed by atoms with van der Waals surface area (Å²) < 4.78 is 7.16. The summed E-state index contributed by atoms with van der Waals surface area (Å²) in [6.45, 7) is 3.70. The molecule has 1 heterocycles. The fraction of sp³-hybridized carbons (Fsp3) is 0.444. The quantitative estimate of drug-likeness (QED) is 0.481. The largest absolute Gasteiger partial charge is 0.383 e. The average molecular weight is 463 g/mol. The van der Waals surface area contributed by atoms with Gasteiger partial charge in [0.05, 0.1) is 29.5 Å². The zero-order valence-corrected chi connectivity index (χ0v) is 20.0. The molecular weight excluding hydrogens is 428 g/mol. The van der Waals surface area contributed by atoms with Crippen LogP contribution >= 0.6 is 0 Å². The average Bonchev–Trinajstić information content (AvgIpc) is 3.29. The summed E-state index contributed by atoms with van der Waals surface area (Å²) in [5.74, 6) is 0.0589. The molecule has 7 nitrogen and oxygen atoms in total. The Kier molecular flexibility index (Phi) is 7.95. The summed E-state index contributed by atoms with van der Waals surface area (Å²) in [6.07, 6.45) is 6.94. The third-order valence-electron chi connectivity index (χ3n) is 6.68. The maximum absolute atomic E-state index is 13.4. The SMILES string of the molecule is COCCn1cnc2cc(NC(=O)C3CCCCC3)cc(C(=O)NC[C@@H](C)c3ccccc3)c21. The fourth-order valence-corrected chi connectivity index (χ4v) is 4.66. The van der Waals surface area contributed by atoms with Crippen molar-refractivity contribution in [3.8, 4) is 0 Å². The molecule has 4 rings (SSSR count). The highest BCUT2D eigenvalue weighted by Gasteiger charge is 2.23. The predicted octanol–water partition coefficient (Wildman–Crippen LogP) is 4.74. The van der Waals surface area contributed by atoms with Crippen LogP contribution in [0.4, 0.5) is 5.69 Å². The lowest BCUT2D eigenvalue weighted by Gasteiger charge is -2.21. The first-order chi connectivity index (χ1) is 16.6. The van der Waals surface area contributed by atoms with E-state index in [2.05, 4.69) is 34.7 Å². The second-order valence-electron chi connectivity index (χ2n) is 9.17. The Morgan fingerprint density at radius 2 is 1.91 bits per heavy atom. The summed E-state index contributed by atoms with van der Waals surface area (Å²) in [7, 11) is 1.65. The highest BCUT2D eigenvalue weighted by molar-refractivity contribution is 6.07. The first-order valence-electron chi connectivity index (χ1n) is 12.2. The number of amides is 2. The molecular formula is C27H34N4O3. The van der Waals surface area contributed by atoms with Crippen molar-refractivity contribution in [3.63, 3.8) is 0 Å². The topological polar surface area (TPSA) is 85.2 Å². The minimum absolute atomic E-state index is 0.0296. The van der Waals surface area contributed by atoms with Crippen molar-refractivity contribution in [2.45, 2.75) is 51.5 Å². The van der Waals surface area contributed by atoms with Crippen molar-refractivity contribution in [1.82, 2.24) is 14.9 Å². The molecule has 0 radical (unpaired) electrons. The van der Waals surface area contributed by atoms with E-state index in [1.807, 2.05) is 28.8 Å². The van der Waals surface area contributed by atoms with E-state index in [0.717, 1.165) is 31.2 Å². The highest BCUT2D eigenvalue weighted by atomic mass is 16.5. The van der Waals surface area contributed by atoms with Gasteiger partial charge in [-0.2, -0.15) is 0 Å². The van der Waals surface area contributed by atoms with Gasteiger partial charge in [0.1, 0.15) is 0 Å². The zero-order chi connectivity index (χ0) is 23.9. The molecule has 2 aromatic carbocycles. The molecule has 180 valence electrons. The minimum Gasteiger partial charge on any atom is -0.383 e. The number of nitrogens with one attached hydrogen (secondary N) is 2. The number of imidazole rings is 1. The van der Waals surface area contributed by atoms with Crippen LogP contribution in [0.25, 0.3) is 11.0 Å². The fourth-order valence-electron chi connectivity index (χ4n) is 4.66. The molecule has 1 aliphatic rings. The number of aromatic nitrogens is 2. The molecule has 2 amide bonds. The molecule has 7 heteroatoms. The maximum atomic E-state index is 13.4. The van der Waals surface area contributed by atoms with E-state index in [-0.39, 0.29) is 23.7 Å². The second kappa shape index (κ2) is 11.3. The Labute approximate surface area is 200 Å². The van der Waals surface area contributed by atoms with Gasteiger partial charge in [0.15, 0.2) is 0 Å². The van der Waals surface area contributed by atoms with E-state index in [0.29, 0.717) is 36.5 Å². The number of rotatable bonds is 9. The lowest BCUT2D eigenvalue weighted by Crippen LogP contribution is -2.28. The zero-order valence-electron chi connectivity index (χ0n) is 20.0. The normalized spacial score (nSPS) is 15.2. The van der Waals surface area contributed by atoms with Crippen LogP contribution in [-0.4, -0.2) is 41.6 Å². The molecule has 3 aromatic rings. The Bertz CT molecular complexity index is 1120. The van der Waals surface area contributed by atoms with Gasteiger partial charge in [-0.1, -0.05) is 56.5 Å². The summed E-state index contributed by atoms with van der Waals surface area (Å²) in [5, 5.41) is 6.13. The first-order valence-corrected chi connectivity index (χ1v) is 12.2. The number of ether oxygens (including phenoxy) is 1. The van der Waals surface area contributed by atoms with Crippen molar-refractivity contribution in [3.05, 3.63) is 59.9 Å². The van der Waals surface area contributed by atoms with Crippen LogP contribution in [0, 0.1) is 5.92 Å². The molecule has 1 saturated carbocycles. The predicted molar refractivity (Wildman–Crippen MR) is 134 cm³/mol. The van der Waals surface area contributed by atoms with Crippen molar-refractivity contribution >= 4 is 28.5 Å². The van der Waals surface area contributed by atoms with Crippen LogP contribution in [0.2, 0.25) is 0 Å². The van der Waals surface area contributed by atoms with Crippen LogP contribution in [-0.2, 0) is 16.1 Å². The molecule has 0 aliphatic heterocycles. The minimum atomic E-state index is -0.180. The smallest absolute Gasteiger partial charge is 0.253 e. The van der Waals surface area contributed by atoms with Gasteiger partial charge < -0.3 is 19.9 Å². The van der Waals surface area contributed by atoms with Gasteiger partial charge in [0, 0.05) is 31.8 Å². The Hall–Kier alpha value is -3.19. The molecule has 0 saturated heterocycles. The molecule has 1 aromatic heterocycles. The van der Waals surface area contributed by atoms with Gasteiger partial charge in [-0.15, -0.1) is 0 Å². The summed E-state index contributed by atoms with van der Waals surface area (Å²) in [4.78, 5) is 30.7. The monoisotopic (exact) mass is 462 g/mol. The van der Waals surface area contributed by atoms with E-state index in [1.165, 1.54) is 12.0 Å². The van der Waals surface area contributed by atoms with Crippen molar-refractivity contribution in [2.24, 2.45) is 5.92 Å². The molecule has 0 bridgehead atoms. The van der Waals surface area contributed by atoms with E-state index in [9.17, 15) is 9.59 Å². The molecule has 0 unspecified atom stereocenters. The number of carbonyl (C=O) groups excluding carboxylic acids is 2. The maximum Gasteiger partial charge on any atom is 0.253 e. The van der Waals surface area contributed by atoms with E-state index in [4.69, 9.17) is 4.74 Å². The number of nitrogens with zero attached hydrogens (tertiary/aromatic N) is 2. The van der Waals surface area contributed by atoms with Crippen molar-refractivity contribution in [2.75, 3.05) is 25.6 Å². The van der Waals surface area contributed by atoms with Gasteiger partial charge in [0.25, 0.3) is 5.91 Å². The van der Waals surface area contributed by atoms with E-state index in [1.54, 1.807) is 19.5 Å². The number of hydrogen-bond donors (Lipinski definition) is 2. The van der Waals surface area contributed by atoms with E-state index >= 15 is 0 Å². The third kappa shape index (κ3) is 5.65.